The summed E-state index contributed by atoms with van der Waals surface area (Å²) in [5.74, 6) is 0. The van der Waals surface area contributed by atoms with E-state index in [4.69, 9.17) is 11.6 Å². The highest BCUT2D eigenvalue weighted by Gasteiger charge is 2.25. The van der Waals surface area contributed by atoms with Crippen molar-refractivity contribution in [2.24, 2.45) is 4.40 Å². The lowest BCUT2D eigenvalue weighted by molar-refractivity contribution is 0.562. The summed E-state index contributed by atoms with van der Waals surface area (Å²) in [5.41, 5.74) is 0.766. The first-order valence-electron chi connectivity index (χ1n) is 4.72. The van der Waals surface area contributed by atoms with Gasteiger partial charge >= 0.3 is 0 Å². The lowest BCUT2D eigenvalue weighted by atomic mass is 10.2. The summed E-state index contributed by atoms with van der Waals surface area (Å²) < 4.78 is 16.2. The molecule has 0 heterocycles. The van der Waals surface area contributed by atoms with Gasteiger partial charge in [-0.2, -0.15) is 0 Å². The Kier molecular flexibility index (Phi) is 4.86. The van der Waals surface area contributed by atoms with Crippen molar-refractivity contribution in [2.75, 3.05) is 0 Å². The van der Waals surface area contributed by atoms with Gasteiger partial charge in [0, 0.05) is 10.0 Å². The van der Waals surface area contributed by atoms with Gasteiger partial charge in [0.05, 0.1) is 11.2 Å². The van der Waals surface area contributed by atoms with Crippen LogP contribution in [0.5, 0.6) is 0 Å². The molecule has 0 N–H and O–H groups in total. The monoisotopic (exact) mass is 321 g/mol. The zero-order chi connectivity index (χ0) is 12.3. The molecule has 0 bridgehead atoms. The Balaban J connectivity index is 2.85. The van der Waals surface area contributed by atoms with Crippen LogP contribution >= 0.6 is 27.5 Å². The van der Waals surface area contributed by atoms with E-state index in [1.807, 2.05) is 32.9 Å². The van der Waals surface area contributed by atoms with Gasteiger partial charge in [0.15, 0.2) is 0 Å². The van der Waals surface area contributed by atoms with E-state index in [0.717, 1.165) is 10.0 Å². The van der Waals surface area contributed by atoms with Crippen LogP contribution in [0.2, 0.25) is 5.02 Å². The van der Waals surface area contributed by atoms with Crippen LogP contribution in [0.3, 0.4) is 0 Å². The average molecular weight is 323 g/mol. The van der Waals surface area contributed by atoms with Gasteiger partial charge in [-0.1, -0.05) is 38.0 Å². The second-order valence-electron chi connectivity index (χ2n) is 4.26. The minimum Gasteiger partial charge on any atom is -0.591 e. The van der Waals surface area contributed by atoms with Gasteiger partial charge in [-0.05, 0) is 32.9 Å². The van der Waals surface area contributed by atoms with Crippen molar-refractivity contribution < 1.29 is 4.55 Å². The summed E-state index contributed by atoms with van der Waals surface area (Å²) in [7, 11) is 0. The van der Waals surface area contributed by atoms with Crippen molar-refractivity contribution in [3.63, 3.8) is 0 Å². The van der Waals surface area contributed by atoms with Crippen LogP contribution in [-0.4, -0.2) is 15.5 Å². The van der Waals surface area contributed by atoms with Crippen LogP contribution in [0.4, 0.5) is 0 Å². The van der Waals surface area contributed by atoms with Gasteiger partial charge in [0.25, 0.3) is 0 Å². The molecule has 16 heavy (non-hydrogen) atoms. The topological polar surface area (TPSA) is 35.4 Å². The number of rotatable bonds is 2. The van der Waals surface area contributed by atoms with Crippen molar-refractivity contribution in [1.29, 1.82) is 0 Å². The third kappa shape index (κ3) is 4.09. The fraction of sp³-hybridized carbons (Fsp3) is 0.364. The Labute approximate surface area is 113 Å². The first-order chi connectivity index (χ1) is 7.30. The van der Waals surface area contributed by atoms with E-state index in [9.17, 15) is 4.55 Å². The maximum atomic E-state index is 11.7. The molecule has 0 radical (unpaired) electrons. The Morgan fingerprint density at radius 3 is 2.56 bits per heavy atom. The Morgan fingerprint density at radius 1 is 1.44 bits per heavy atom. The van der Waals surface area contributed by atoms with E-state index in [2.05, 4.69) is 20.3 Å². The molecule has 0 aliphatic heterocycles. The largest absolute Gasteiger partial charge is 0.591 e. The lowest BCUT2D eigenvalue weighted by Gasteiger charge is -2.17. The summed E-state index contributed by atoms with van der Waals surface area (Å²) in [6.07, 6.45) is 1.55. The molecular formula is C11H13BrClNOS. The first-order valence-corrected chi connectivity index (χ1v) is 6.99. The second kappa shape index (κ2) is 5.54. The van der Waals surface area contributed by atoms with Gasteiger partial charge in [-0.3, -0.25) is 0 Å². The fourth-order valence-electron chi connectivity index (χ4n) is 0.869. The normalized spacial score (nSPS) is 14.4. The van der Waals surface area contributed by atoms with Gasteiger partial charge in [0.2, 0.25) is 0 Å². The van der Waals surface area contributed by atoms with Crippen molar-refractivity contribution in [3.05, 3.63) is 33.3 Å². The predicted octanol–water partition coefficient (Wildman–Crippen LogP) is 3.98. The van der Waals surface area contributed by atoms with Crippen LogP contribution < -0.4 is 0 Å². The molecule has 1 atom stereocenters. The third-order valence-electron chi connectivity index (χ3n) is 1.77. The van der Waals surface area contributed by atoms with Crippen molar-refractivity contribution >= 4 is 45.1 Å². The molecule has 0 amide bonds. The molecule has 1 aromatic rings. The highest BCUT2D eigenvalue weighted by molar-refractivity contribution is 9.10. The number of nitrogens with zero attached hydrogens (tertiary/aromatic N) is 1. The molecule has 1 unspecified atom stereocenters. The molecule has 1 aromatic carbocycles. The van der Waals surface area contributed by atoms with E-state index in [0.29, 0.717) is 5.02 Å². The minimum absolute atomic E-state index is 0.349. The van der Waals surface area contributed by atoms with Gasteiger partial charge in [0.1, 0.15) is 16.1 Å². The number of halogens is 2. The summed E-state index contributed by atoms with van der Waals surface area (Å²) in [6, 6.07) is 5.48. The Bertz CT molecular complexity index is 403. The SMILES string of the molecule is CC(C)(C)[S+]([O-])/N=C\c1ccc(Br)cc1Cl. The van der Waals surface area contributed by atoms with Crippen LogP contribution in [0.25, 0.3) is 0 Å². The summed E-state index contributed by atoms with van der Waals surface area (Å²) in [5, 5.41) is 0.587. The zero-order valence-electron chi connectivity index (χ0n) is 9.33. The molecule has 1 rings (SSSR count). The second-order valence-corrected chi connectivity index (χ2v) is 7.52. The molecular weight excluding hydrogens is 310 g/mol. The first kappa shape index (κ1) is 14.0. The molecule has 2 nitrogen and oxygen atoms in total. The smallest absolute Gasteiger partial charge is 0.144 e. The van der Waals surface area contributed by atoms with Crippen LogP contribution in [0, 0.1) is 0 Å². The maximum absolute atomic E-state index is 11.7. The minimum atomic E-state index is -1.25. The molecule has 5 heteroatoms. The molecule has 0 saturated carbocycles. The van der Waals surface area contributed by atoms with Crippen LogP contribution in [-0.2, 0) is 11.4 Å². The summed E-state index contributed by atoms with van der Waals surface area (Å²) in [6.45, 7) is 5.64. The quantitative estimate of drug-likeness (QED) is 0.599. The molecule has 0 fully saturated rings. The van der Waals surface area contributed by atoms with Crippen LogP contribution in [0.15, 0.2) is 27.1 Å². The molecule has 0 spiro atoms. The number of hydrogen-bond donors (Lipinski definition) is 0. The molecule has 88 valence electrons. The summed E-state index contributed by atoms with van der Waals surface area (Å²) >= 11 is 8.07. The molecule has 0 aliphatic rings. The van der Waals surface area contributed by atoms with E-state index in [1.54, 1.807) is 12.3 Å². The highest BCUT2D eigenvalue weighted by atomic mass is 79.9. The fourth-order valence-corrected chi connectivity index (χ4v) is 2.12. The zero-order valence-corrected chi connectivity index (χ0v) is 12.5. The standard InChI is InChI=1S/C11H13BrClNOS/c1-11(2,3)16(15)14-7-8-4-5-9(12)6-10(8)13/h4-7H,1-3H3/b14-7-. The van der Waals surface area contributed by atoms with E-state index < -0.39 is 11.4 Å². The molecule has 0 aromatic heterocycles. The average Bonchev–Trinajstić information content (AvgIpc) is 2.14. The van der Waals surface area contributed by atoms with E-state index in [-0.39, 0.29) is 4.75 Å². The van der Waals surface area contributed by atoms with Crippen molar-refractivity contribution in [3.8, 4) is 0 Å². The van der Waals surface area contributed by atoms with Crippen molar-refractivity contribution in [1.82, 2.24) is 0 Å². The van der Waals surface area contributed by atoms with E-state index >= 15 is 0 Å². The van der Waals surface area contributed by atoms with Crippen LogP contribution in [0.1, 0.15) is 26.3 Å². The lowest BCUT2D eigenvalue weighted by Crippen LogP contribution is -2.25. The predicted molar refractivity (Wildman–Crippen MR) is 74.6 cm³/mol. The third-order valence-corrected chi connectivity index (χ3v) is 3.94. The van der Waals surface area contributed by atoms with Crippen molar-refractivity contribution in [2.45, 2.75) is 25.5 Å². The Morgan fingerprint density at radius 2 is 2.06 bits per heavy atom. The number of hydrogen-bond acceptors (Lipinski definition) is 2. The van der Waals surface area contributed by atoms with Gasteiger partial charge in [-0.15, -0.1) is 0 Å². The summed E-state index contributed by atoms with van der Waals surface area (Å²) in [4.78, 5) is 0. The molecule has 0 aliphatic carbocycles. The Hall–Kier alpha value is -0.0300. The van der Waals surface area contributed by atoms with E-state index in [1.165, 1.54) is 0 Å². The van der Waals surface area contributed by atoms with Gasteiger partial charge < -0.3 is 4.55 Å². The number of benzene rings is 1. The van der Waals surface area contributed by atoms with Gasteiger partial charge in [-0.25, -0.2) is 0 Å². The maximum Gasteiger partial charge on any atom is 0.144 e. The highest BCUT2D eigenvalue weighted by Crippen LogP contribution is 2.21. The molecule has 0 saturated heterocycles.